The van der Waals surface area contributed by atoms with Gasteiger partial charge in [0, 0.05) is 12.2 Å². The highest BCUT2D eigenvalue weighted by Crippen LogP contribution is 2.21. The summed E-state index contributed by atoms with van der Waals surface area (Å²) < 4.78 is 5.49. The summed E-state index contributed by atoms with van der Waals surface area (Å²) in [6.45, 7) is 5.04. The molecule has 0 bridgehead atoms. The van der Waals surface area contributed by atoms with E-state index < -0.39 is 0 Å². The normalized spacial score (nSPS) is 22.2. The number of nitrogens with two attached hydrogens (primary N) is 1. The van der Waals surface area contributed by atoms with Crippen LogP contribution in [0.5, 0.6) is 0 Å². The molecule has 0 radical (unpaired) electrons. The molecule has 21 heavy (non-hydrogen) atoms. The van der Waals surface area contributed by atoms with Gasteiger partial charge in [0.2, 0.25) is 5.91 Å². The van der Waals surface area contributed by atoms with Crippen LogP contribution >= 0.6 is 0 Å². The Kier molecular flexibility index (Phi) is 5.38. The largest absolute Gasteiger partial charge is 0.368 e. The molecule has 0 aromatic heterocycles. The van der Waals surface area contributed by atoms with Gasteiger partial charge in [0.25, 0.3) is 0 Å². The first kappa shape index (κ1) is 15.6. The Morgan fingerprint density at radius 3 is 2.76 bits per heavy atom. The van der Waals surface area contributed by atoms with Gasteiger partial charge in [0.05, 0.1) is 12.6 Å². The third-order valence-electron chi connectivity index (χ3n) is 3.75. The Morgan fingerprint density at radius 1 is 1.48 bits per heavy atom. The average Bonchev–Trinajstić information content (AvgIpc) is 2.91. The second kappa shape index (κ2) is 7.26. The monoisotopic (exact) mass is 286 g/mol. The van der Waals surface area contributed by atoms with Crippen LogP contribution in [0.15, 0.2) is 24.3 Å². The molecule has 4 heteroatoms. The number of hydrogen-bond donors (Lipinski definition) is 2. The van der Waals surface area contributed by atoms with Crippen LogP contribution in [0.4, 0.5) is 0 Å². The predicted octanol–water partition coefficient (Wildman–Crippen LogP) is 1.60. The number of carbonyl (C=O) groups excluding carboxylic acids is 1. The fourth-order valence-electron chi connectivity index (χ4n) is 2.42. The highest BCUT2D eigenvalue weighted by molar-refractivity contribution is 5.81. The summed E-state index contributed by atoms with van der Waals surface area (Å²) >= 11 is 0. The average molecular weight is 286 g/mol. The van der Waals surface area contributed by atoms with E-state index in [0.717, 1.165) is 17.5 Å². The zero-order chi connectivity index (χ0) is 15.2. The zero-order valence-electron chi connectivity index (χ0n) is 12.6. The molecule has 3 unspecified atom stereocenters. The smallest absolute Gasteiger partial charge is 0.249 e. The number of ether oxygens (including phenoxy) is 1. The SMILES string of the molecule is CC(NC(=O)C1OCCC1C)c1ccc(C#CCN)cc1. The van der Waals surface area contributed by atoms with Gasteiger partial charge in [-0.05, 0) is 37.0 Å². The van der Waals surface area contributed by atoms with Crippen LogP contribution in [0.25, 0.3) is 0 Å². The molecule has 1 amide bonds. The maximum atomic E-state index is 12.2. The number of nitrogens with one attached hydrogen (secondary N) is 1. The Labute approximate surface area is 126 Å². The lowest BCUT2D eigenvalue weighted by molar-refractivity contribution is -0.132. The summed E-state index contributed by atoms with van der Waals surface area (Å²) in [6.07, 6.45) is 0.628. The summed E-state index contributed by atoms with van der Waals surface area (Å²) in [4.78, 5) is 12.2. The van der Waals surface area contributed by atoms with E-state index in [9.17, 15) is 4.79 Å². The second-order valence-corrected chi connectivity index (χ2v) is 5.42. The standard InChI is InChI=1S/C17H22N2O2/c1-12-9-11-21-16(12)17(20)19-13(2)15-7-5-14(6-8-15)4-3-10-18/h5-8,12-13,16H,9-11,18H2,1-2H3,(H,19,20). The molecule has 1 aromatic rings. The minimum atomic E-state index is -0.317. The maximum absolute atomic E-state index is 12.2. The van der Waals surface area contributed by atoms with Crippen molar-refractivity contribution in [3.05, 3.63) is 35.4 Å². The molecule has 4 nitrogen and oxygen atoms in total. The van der Waals surface area contributed by atoms with E-state index in [2.05, 4.69) is 17.2 Å². The molecule has 1 aliphatic rings. The molecule has 0 saturated carbocycles. The van der Waals surface area contributed by atoms with E-state index in [1.54, 1.807) is 0 Å². The predicted molar refractivity (Wildman–Crippen MR) is 82.5 cm³/mol. The van der Waals surface area contributed by atoms with Crippen LogP contribution in [0, 0.1) is 17.8 Å². The highest BCUT2D eigenvalue weighted by atomic mass is 16.5. The summed E-state index contributed by atoms with van der Waals surface area (Å²) in [6, 6.07) is 7.78. The van der Waals surface area contributed by atoms with Crippen molar-refractivity contribution in [2.45, 2.75) is 32.4 Å². The topological polar surface area (TPSA) is 64.3 Å². The lowest BCUT2D eigenvalue weighted by Gasteiger charge is -2.19. The van der Waals surface area contributed by atoms with Crippen molar-refractivity contribution in [1.82, 2.24) is 5.32 Å². The molecule has 3 atom stereocenters. The third kappa shape index (κ3) is 4.07. The molecule has 1 aromatic carbocycles. The molecule has 1 aliphatic heterocycles. The van der Waals surface area contributed by atoms with Crippen molar-refractivity contribution in [2.24, 2.45) is 11.7 Å². The summed E-state index contributed by atoms with van der Waals surface area (Å²) in [7, 11) is 0. The van der Waals surface area contributed by atoms with Gasteiger partial charge in [-0.1, -0.05) is 30.9 Å². The molecule has 3 N–H and O–H groups in total. The van der Waals surface area contributed by atoms with E-state index in [-0.39, 0.29) is 24.0 Å². The first-order valence-electron chi connectivity index (χ1n) is 7.32. The van der Waals surface area contributed by atoms with E-state index in [1.165, 1.54) is 0 Å². The molecule has 1 heterocycles. The van der Waals surface area contributed by atoms with Crippen LogP contribution in [-0.4, -0.2) is 25.2 Å². The zero-order valence-corrected chi connectivity index (χ0v) is 12.6. The van der Waals surface area contributed by atoms with Gasteiger partial charge in [0.1, 0.15) is 6.10 Å². The minimum Gasteiger partial charge on any atom is -0.368 e. The second-order valence-electron chi connectivity index (χ2n) is 5.42. The first-order valence-corrected chi connectivity index (χ1v) is 7.32. The van der Waals surface area contributed by atoms with Crippen LogP contribution < -0.4 is 11.1 Å². The van der Waals surface area contributed by atoms with Crippen LogP contribution in [0.2, 0.25) is 0 Å². The van der Waals surface area contributed by atoms with Crippen molar-refractivity contribution in [3.63, 3.8) is 0 Å². The molecular formula is C17H22N2O2. The lowest BCUT2D eigenvalue weighted by atomic mass is 10.0. The van der Waals surface area contributed by atoms with Gasteiger partial charge >= 0.3 is 0 Å². The van der Waals surface area contributed by atoms with Gasteiger partial charge in [-0.2, -0.15) is 0 Å². The van der Waals surface area contributed by atoms with Crippen LogP contribution in [0.1, 0.15) is 37.4 Å². The van der Waals surface area contributed by atoms with Crippen LogP contribution in [0.3, 0.4) is 0 Å². The molecule has 2 rings (SSSR count). The quantitative estimate of drug-likeness (QED) is 0.830. The van der Waals surface area contributed by atoms with Crippen molar-refractivity contribution in [2.75, 3.05) is 13.2 Å². The van der Waals surface area contributed by atoms with Gasteiger partial charge in [-0.15, -0.1) is 0 Å². The van der Waals surface area contributed by atoms with Crippen molar-refractivity contribution < 1.29 is 9.53 Å². The fraction of sp³-hybridized carbons (Fsp3) is 0.471. The van der Waals surface area contributed by atoms with E-state index in [0.29, 0.717) is 13.2 Å². The van der Waals surface area contributed by atoms with Crippen molar-refractivity contribution >= 4 is 5.91 Å². The molecule has 0 spiro atoms. The molecule has 112 valence electrons. The lowest BCUT2D eigenvalue weighted by Crippen LogP contribution is -2.38. The number of amides is 1. The Morgan fingerprint density at radius 2 is 2.19 bits per heavy atom. The van der Waals surface area contributed by atoms with E-state index >= 15 is 0 Å². The first-order chi connectivity index (χ1) is 10.1. The number of carbonyl (C=O) groups is 1. The number of rotatable bonds is 3. The van der Waals surface area contributed by atoms with Gasteiger partial charge in [-0.25, -0.2) is 0 Å². The number of benzene rings is 1. The molecule has 1 saturated heterocycles. The van der Waals surface area contributed by atoms with Crippen LogP contribution in [-0.2, 0) is 9.53 Å². The van der Waals surface area contributed by atoms with E-state index in [1.807, 2.05) is 38.1 Å². The van der Waals surface area contributed by atoms with Gasteiger partial charge < -0.3 is 15.8 Å². The Hall–Kier alpha value is -1.83. The molecule has 0 aliphatic carbocycles. The molecular weight excluding hydrogens is 264 g/mol. The van der Waals surface area contributed by atoms with Gasteiger partial charge in [-0.3, -0.25) is 4.79 Å². The highest BCUT2D eigenvalue weighted by Gasteiger charge is 2.31. The summed E-state index contributed by atoms with van der Waals surface area (Å²) in [5.41, 5.74) is 7.32. The Balaban J connectivity index is 1.96. The summed E-state index contributed by atoms with van der Waals surface area (Å²) in [5, 5.41) is 3.01. The minimum absolute atomic E-state index is 0.0282. The molecule has 1 fully saturated rings. The van der Waals surface area contributed by atoms with Crippen molar-refractivity contribution in [3.8, 4) is 11.8 Å². The van der Waals surface area contributed by atoms with Gasteiger partial charge in [0.15, 0.2) is 0 Å². The Bertz CT molecular complexity index is 542. The maximum Gasteiger partial charge on any atom is 0.249 e. The fourth-order valence-corrected chi connectivity index (χ4v) is 2.42. The third-order valence-corrected chi connectivity index (χ3v) is 3.75. The van der Waals surface area contributed by atoms with E-state index in [4.69, 9.17) is 10.5 Å². The summed E-state index contributed by atoms with van der Waals surface area (Å²) in [5.74, 6) is 6.05. The van der Waals surface area contributed by atoms with Crippen molar-refractivity contribution in [1.29, 1.82) is 0 Å². The number of hydrogen-bond acceptors (Lipinski definition) is 3.